The van der Waals surface area contributed by atoms with Crippen molar-refractivity contribution in [2.24, 2.45) is 0 Å². The molecule has 146 valence electrons. The Bertz CT molecular complexity index is 949. The lowest BCUT2D eigenvalue weighted by atomic mass is 9.97. The minimum atomic E-state index is -0.417. The summed E-state index contributed by atoms with van der Waals surface area (Å²) in [4.78, 5) is 29.4. The number of nitrogens with zero attached hydrogens (tertiary/aromatic N) is 2. The first-order chi connectivity index (χ1) is 13.5. The average Bonchev–Trinajstić information content (AvgIpc) is 2.71. The van der Waals surface area contributed by atoms with E-state index in [4.69, 9.17) is 11.6 Å². The van der Waals surface area contributed by atoms with Crippen LogP contribution in [0.25, 0.3) is 0 Å². The maximum absolute atomic E-state index is 13.2. The van der Waals surface area contributed by atoms with Gasteiger partial charge in [-0.15, -0.1) is 0 Å². The lowest BCUT2D eigenvalue weighted by Gasteiger charge is -2.46. The number of fused-ring (bicyclic) bond motifs is 2. The first-order valence-electron chi connectivity index (χ1n) is 9.35. The molecule has 2 amide bonds. The molecule has 1 fully saturated rings. The number of benzene rings is 2. The highest BCUT2D eigenvalue weighted by Crippen LogP contribution is 2.34. The quantitative estimate of drug-likeness (QED) is 0.850. The van der Waals surface area contributed by atoms with Gasteiger partial charge in [0, 0.05) is 30.7 Å². The summed E-state index contributed by atoms with van der Waals surface area (Å²) < 4.78 is 13.2. The van der Waals surface area contributed by atoms with Gasteiger partial charge in [-0.1, -0.05) is 17.7 Å². The Morgan fingerprint density at radius 1 is 1.25 bits per heavy atom. The summed E-state index contributed by atoms with van der Waals surface area (Å²) in [5, 5.41) is 3.08. The van der Waals surface area contributed by atoms with E-state index in [-0.39, 0.29) is 29.5 Å². The highest BCUT2D eigenvalue weighted by molar-refractivity contribution is 6.31. The van der Waals surface area contributed by atoms with E-state index in [2.05, 4.69) is 10.2 Å². The number of halogens is 2. The van der Waals surface area contributed by atoms with Gasteiger partial charge in [0.05, 0.1) is 11.3 Å². The van der Waals surface area contributed by atoms with Gasteiger partial charge in [-0.3, -0.25) is 9.59 Å². The van der Waals surface area contributed by atoms with E-state index in [9.17, 15) is 14.0 Å². The second kappa shape index (κ2) is 7.43. The molecule has 0 aliphatic carbocycles. The fourth-order valence-corrected chi connectivity index (χ4v) is 4.19. The molecule has 0 unspecified atom stereocenters. The predicted octanol–water partition coefficient (Wildman–Crippen LogP) is 3.81. The van der Waals surface area contributed by atoms with Crippen LogP contribution in [0.15, 0.2) is 36.4 Å². The SMILES string of the molecule is CN1c2cc(C(=O)NCc3ccc(F)cc3Cl)ccc2C(=O)N2CCCC[C@H]21. The third-order valence-corrected chi connectivity index (χ3v) is 5.86. The summed E-state index contributed by atoms with van der Waals surface area (Å²) >= 11 is 6.01. The number of piperidine rings is 1. The number of nitrogens with one attached hydrogen (secondary N) is 1. The van der Waals surface area contributed by atoms with Crippen LogP contribution in [-0.2, 0) is 6.54 Å². The fourth-order valence-electron chi connectivity index (χ4n) is 3.96. The third kappa shape index (κ3) is 3.33. The van der Waals surface area contributed by atoms with Gasteiger partial charge in [-0.25, -0.2) is 4.39 Å². The molecule has 0 aromatic heterocycles. The van der Waals surface area contributed by atoms with Crippen LogP contribution in [0.4, 0.5) is 10.1 Å². The lowest BCUT2D eigenvalue weighted by Crippen LogP contribution is -2.55. The fraction of sp³-hybridized carbons (Fsp3) is 0.333. The highest BCUT2D eigenvalue weighted by Gasteiger charge is 2.37. The first kappa shape index (κ1) is 18.7. The van der Waals surface area contributed by atoms with E-state index in [0.29, 0.717) is 16.7 Å². The lowest BCUT2D eigenvalue weighted by molar-refractivity contribution is 0.0589. The van der Waals surface area contributed by atoms with Crippen molar-refractivity contribution >= 4 is 29.1 Å². The van der Waals surface area contributed by atoms with Gasteiger partial charge in [-0.05, 0) is 55.2 Å². The normalized spacial score (nSPS) is 18.5. The van der Waals surface area contributed by atoms with E-state index < -0.39 is 5.82 Å². The smallest absolute Gasteiger partial charge is 0.257 e. The molecule has 7 heteroatoms. The van der Waals surface area contributed by atoms with Crippen LogP contribution in [0.1, 0.15) is 45.5 Å². The van der Waals surface area contributed by atoms with Crippen LogP contribution >= 0.6 is 11.6 Å². The Kier molecular flexibility index (Phi) is 4.98. The largest absolute Gasteiger partial charge is 0.354 e. The Morgan fingerprint density at radius 3 is 2.86 bits per heavy atom. The number of carbonyl (C=O) groups is 2. The summed E-state index contributed by atoms with van der Waals surface area (Å²) in [6.07, 6.45) is 3.09. The van der Waals surface area contributed by atoms with E-state index in [1.807, 2.05) is 11.9 Å². The van der Waals surface area contributed by atoms with E-state index >= 15 is 0 Å². The standard InChI is InChI=1S/C21H21ClFN3O2/c1-25-18-10-13(20(27)24-12-14-5-7-15(23)11-17(14)22)6-8-16(18)21(28)26-9-3-2-4-19(25)26/h5-8,10-11,19H,2-4,9,12H2,1H3,(H,24,27)/t19-/m0/s1. The van der Waals surface area contributed by atoms with Crippen molar-refractivity contribution in [3.63, 3.8) is 0 Å². The minimum absolute atomic E-state index is 0.0304. The van der Waals surface area contributed by atoms with Gasteiger partial charge in [0.25, 0.3) is 11.8 Å². The molecule has 0 bridgehead atoms. The zero-order chi connectivity index (χ0) is 19.8. The van der Waals surface area contributed by atoms with Gasteiger partial charge < -0.3 is 15.1 Å². The molecule has 2 aromatic rings. The minimum Gasteiger partial charge on any atom is -0.354 e. The Hall–Kier alpha value is -2.60. The number of rotatable bonds is 3. The van der Waals surface area contributed by atoms with E-state index in [1.54, 1.807) is 24.3 Å². The van der Waals surface area contributed by atoms with Crippen LogP contribution in [0, 0.1) is 5.82 Å². The number of hydrogen-bond acceptors (Lipinski definition) is 3. The summed E-state index contributed by atoms with van der Waals surface area (Å²) in [5.74, 6) is -0.655. The van der Waals surface area contributed by atoms with Crippen molar-refractivity contribution in [2.75, 3.05) is 18.5 Å². The van der Waals surface area contributed by atoms with Crippen molar-refractivity contribution in [3.05, 3.63) is 63.9 Å². The predicted molar refractivity (Wildman–Crippen MR) is 106 cm³/mol. The van der Waals surface area contributed by atoms with Crippen molar-refractivity contribution < 1.29 is 14.0 Å². The van der Waals surface area contributed by atoms with Crippen LogP contribution in [-0.4, -0.2) is 36.5 Å². The van der Waals surface area contributed by atoms with E-state index in [0.717, 1.165) is 31.5 Å². The molecule has 4 rings (SSSR count). The summed E-state index contributed by atoms with van der Waals surface area (Å²) in [7, 11) is 1.97. The Balaban J connectivity index is 1.54. The maximum Gasteiger partial charge on any atom is 0.257 e. The molecule has 5 nitrogen and oxygen atoms in total. The second-order valence-electron chi connectivity index (χ2n) is 7.24. The summed E-state index contributed by atoms with van der Waals surface area (Å²) in [6.45, 7) is 0.966. The molecular weight excluding hydrogens is 381 g/mol. The third-order valence-electron chi connectivity index (χ3n) is 5.50. The topological polar surface area (TPSA) is 52.7 Å². The van der Waals surface area contributed by atoms with Gasteiger partial charge in [0.1, 0.15) is 12.0 Å². The molecule has 0 saturated carbocycles. The number of anilines is 1. The second-order valence-corrected chi connectivity index (χ2v) is 7.64. The number of amides is 2. The zero-order valence-electron chi connectivity index (χ0n) is 15.5. The number of hydrogen-bond donors (Lipinski definition) is 1. The molecule has 2 aromatic carbocycles. The molecule has 0 spiro atoms. The number of carbonyl (C=O) groups excluding carboxylic acids is 2. The van der Waals surface area contributed by atoms with Gasteiger partial charge >= 0.3 is 0 Å². The van der Waals surface area contributed by atoms with Gasteiger partial charge in [0.15, 0.2) is 0 Å². The molecule has 1 atom stereocenters. The zero-order valence-corrected chi connectivity index (χ0v) is 16.3. The van der Waals surface area contributed by atoms with Crippen LogP contribution in [0.2, 0.25) is 5.02 Å². The van der Waals surface area contributed by atoms with Crippen molar-refractivity contribution in [3.8, 4) is 0 Å². The van der Waals surface area contributed by atoms with Crippen molar-refractivity contribution in [2.45, 2.75) is 32.0 Å². The molecule has 2 aliphatic rings. The summed E-state index contributed by atoms with van der Waals surface area (Å²) in [6, 6.07) is 9.23. The Morgan fingerprint density at radius 2 is 2.07 bits per heavy atom. The van der Waals surface area contributed by atoms with Gasteiger partial charge in [0.2, 0.25) is 0 Å². The molecule has 28 heavy (non-hydrogen) atoms. The maximum atomic E-state index is 13.2. The molecule has 2 heterocycles. The summed E-state index contributed by atoms with van der Waals surface area (Å²) in [5.41, 5.74) is 2.51. The van der Waals surface area contributed by atoms with Crippen molar-refractivity contribution in [1.29, 1.82) is 0 Å². The van der Waals surface area contributed by atoms with Crippen molar-refractivity contribution in [1.82, 2.24) is 10.2 Å². The first-order valence-corrected chi connectivity index (χ1v) is 9.73. The average molecular weight is 402 g/mol. The molecular formula is C21H21ClFN3O2. The van der Waals surface area contributed by atoms with Crippen LogP contribution in [0.5, 0.6) is 0 Å². The van der Waals surface area contributed by atoms with E-state index in [1.165, 1.54) is 12.1 Å². The van der Waals surface area contributed by atoms with Crippen LogP contribution in [0.3, 0.4) is 0 Å². The molecule has 2 aliphatic heterocycles. The van der Waals surface area contributed by atoms with Gasteiger partial charge in [-0.2, -0.15) is 0 Å². The monoisotopic (exact) mass is 401 g/mol. The molecule has 0 radical (unpaired) electrons. The molecule has 1 saturated heterocycles. The molecule has 1 N–H and O–H groups in total. The Labute approximate surface area is 168 Å². The highest BCUT2D eigenvalue weighted by atomic mass is 35.5. The van der Waals surface area contributed by atoms with Crippen LogP contribution < -0.4 is 10.2 Å².